The van der Waals surface area contributed by atoms with E-state index in [-0.39, 0.29) is 19.3 Å². The summed E-state index contributed by atoms with van der Waals surface area (Å²) in [4.78, 5) is 24.1. The largest absolute Gasteiger partial charge is 0.461 e. The van der Waals surface area contributed by atoms with Gasteiger partial charge in [-0.1, -0.05) is 6.92 Å². The molecule has 1 atom stereocenters. The van der Waals surface area contributed by atoms with Crippen LogP contribution in [-0.2, 0) is 23.8 Å². The van der Waals surface area contributed by atoms with Gasteiger partial charge in [0.2, 0.25) is 0 Å². The Balaban J connectivity index is 4.61. The van der Waals surface area contributed by atoms with Crippen LogP contribution in [0.5, 0.6) is 0 Å². The van der Waals surface area contributed by atoms with Crippen LogP contribution in [0.2, 0.25) is 0 Å². The fourth-order valence-electron chi connectivity index (χ4n) is 1.53. The van der Waals surface area contributed by atoms with Crippen LogP contribution in [0.15, 0.2) is 10.2 Å². The molecule has 8 nitrogen and oxygen atoms in total. The number of nitrogens with zero attached hydrogens (tertiary/aromatic N) is 2. The van der Waals surface area contributed by atoms with Crippen molar-refractivity contribution in [1.82, 2.24) is 0 Å². The molecule has 0 radical (unpaired) electrons. The van der Waals surface area contributed by atoms with Gasteiger partial charge in [0, 0.05) is 13.0 Å². The molecule has 0 aromatic heterocycles. The first kappa shape index (κ1) is 23.5. The molecule has 25 heavy (non-hydrogen) atoms. The molecule has 8 heteroatoms. The average Bonchev–Trinajstić information content (AvgIpc) is 2.54. The van der Waals surface area contributed by atoms with Crippen molar-refractivity contribution in [2.75, 3.05) is 26.4 Å². The molecule has 0 aliphatic rings. The number of carbonyl (C=O) groups excluding carboxylic acids is 2. The third kappa shape index (κ3) is 9.50. The van der Waals surface area contributed by atoms with E-state index >= 15 is 0 Å². The first-order valence-corrected chi connectivity index (χ1v) is 8.57. The van der Waals surface area contributed by atoms with E-state index in [0.29, 0.717) is 19.6 Å². The predicted octanol–water partition coefficient (Wildman–Crippen LogP) is 2.28. The van der Waals surface area contributed by atoms with E-state index in [4.69, 9.17) is 19.3 Å². The molecule has 0 bridgehead atoms. The zero-order valence-electron chi connectivity index (χ0n) is 16.2. The first-order chi connectivity index (χ1) is 11.6. The number of aliphatic hydroxyl groups excluding tert-OH is 1. The van der Waals surface area contributed by atoms with Crippen molar-refractivity contribution in [3.05, 3.63) is 0 Å². The average molecular weight is 360 g/mol. The lowest BCUT2D eigenvalue weighted by molar-refractivity contribution is -0.155. The van der Waals surface area contributed by atoms with Crippen molar-refractivity contribution in [2.24, 2.45) is 10.2 Å². The monoisotopic (exact) mass is 360 g/mol. The van der Waals surface area contributed by atoms with Crippen molar-refractivity contribution >= 4 is 11.9 Å². The molecule has 0 aromatic carbocycles. The smallest absolute Gasteiger partial charge is 0.335 e. The van der Waals surface area contributed by atoms with Crippen LogP contribution in [0.3, 0.4) is 0 Å². The summed E-state index contributed by atoms with van der Waals surface area (Å²) >= 11 is 0. The van der Waals surface area contributed by atoms with E-state index in [1.165, 1.54) is 13.8 Å². The normalized spacial score (nSPS) is 13.7. The van der Waals surface area contributed by atoms with Crippen LogP contribution >= 0.6 is 0 Å². The second-order valence-electron chi connectivity index (χ2n) is 6.79. The minimum Gasteiger partial charge on any atom is -0.461 e. The Kier molecular flexibility index (Phi) is 10.5. The standard InChI is InChI=1S/C17H32N2O6/c1-7-10-23-11-8-13(2)25-15(22)17(5,6)19-18-16(3,4)14(21)24-12-9-20/h13,20H,7-12H2,1-6H3/b19-18-. The lowest BCUT2D eigenvalue weighted by Crippen LogP contribution is -2.36. The fourth-order valence-corrected chi connectivity index (χ4v) is 1.53. The van der Waals surface area contributed by atoms with Crippen molar-refractivity contribution in [2.45, 2.75) is 71.6 Å². The molecule has 0 spiro atoms. The van der Waals surface area contributed by atoms with Gasteiger partial charge >= 0.3 is 11.9 Å². The minimum absolute atomic E-state index is 0.110. The van der Waals surface area contributed by atoms with Gasteiger partial charge in [0.15, 0.2) is 11.1 Å². The Labute approximate surface area is 149 Å². The van der Waals surface area contributed by atoms with E-state index < -0.39 is 23.0 Å². The van der Waals surface area contributed by atoms with Gasteiger partial charge in [0.25, 0.3) is 0 Å². The Morgan fingerprint density at radius 3 is 2.08 bits per heavy atom. The summed E-state index contributed by atoms with van der Waals surface area (Å²) in [5.41, 5.74) is -2.49. The number of hydrogen-bond acceptors (Lipinski definition) is 8. The van der Waals surface area contributed by atoms with Gasteiger partial charge in [-0.05, 0) is 41.0 Å². The van der Waals surface area contributed by atoms with Gasteiger partial charge in [0.05, 0.1) is 13.2 Å². The lowest BCUT2D eigenvalue weighted by atomic mass is 10.1. The van der Waals surface area contributed by atoms with Gasteiger partial charge in [-0.15, -0.1) is 0 Å². The maximum Gasteiger partial charge on any atom is 0.335 e. The summed E-state index contributed by atoms with van der Waals surface area (Å²) in [6.45, 7) is 10.8. The number of carbonyl (C=O) groups is 2. The number of esters is 2. The minimum atomic E-state index is -1.26. The highest BCUT2D eigenvalue weighted by Crippen LogP contribution is 2.19. The molecular weight excluding hydrogens is 328 g/mol. The van der Waals surface area contributed by atoms with Crippen LogP contribution in [0.4, 0.5) is 0 Å². The third-order valence-corrected chi connectivity index (χ3v) is 3.20. The maximum atomic E-state index is 12.3. The van der Waals surface area contributed by atoms with Crippen LogP contribution in [0.25, 0.3) is 0 Å². The quantitative estimate of drug-likeness (QED) is 0.325. The highest BCUT2D eigenvalue weighted by molar-refractivity contribution is 5.81. The van der Waals surface area contributed by atoms with Crippen molar-refractivity contribution in [3.63, 3.8) is 0 Å². The molecule has 0 saturated carbocycles. The number of ether oxygens (including phenoxy) is 3. The second kappa shape index (κ2) is 11.1. The summed E-state index contributed by atoms with van der Waals surface area (Å²) < 4.78 is 15.6. The predicted molar refractivity (Wildman–Crippen MR) is 92.3 cm³/mol. The molecule has 146 valence electrons. The first-order valence-electron chi connectivity index (χ1n) is 8.57. The SMILES string of the molecule is CCCOCCC(C)OC(=O)C(C)(C)/N=N\C(C)(C)C(=O)OCCO. The van der Waals surface area contributed by atoms with Gasteiger partial charge < -0.3 is 19.3 Å². The number of aliphatic hydroxyl groups is 1. The number of hydrogen-bond donors (Lipinski definition) is 1. The highest BCUT2D eigenvalue weighted by atomic mass is 16.6. The van der Waals surface area contributed by atoms with Crippen molar-refractivity contribution < 1.29 is 28.9 Å². The van der Waals surface area contributed by atoms with Crippen LogP contribution in [-0.4, -0.2) is 60.7 Å². The van der Waals surface area contributed by atoms with Gasteiger partial charge in [-0.2, -0.15) is 10.2 Å². The summed E-state index contributed by atoms with van der Waals surface area (Å²) in [7, 11) is 0. The van der Waals surface area contributed by atoms with Crippen LogP contribution in [0.1, 0.15) is 54.4 Å². The van der Waals surface area contributed by atoms with Crippen LogP contribution < -0.4 is 0 Å². The van der Waals surface area contributed by atoms with Gasteiger partial charge in [-0.3, -0.25) is 0 Å². The van der Waals surface area contributed by atoms with E-state index in [2.05, 4.69) is 10.2 Å². The molecular formula is C17H32N2O6. The van der Waals surface area contributed by atoms with Crippen LogP contribution in [0, 0.1) is 0 Å². The van der Waals surface area contributed by atoms with Crippen molar-refractivity contribution in [3.8, 4) is 0 Å². The molecule has 0 heterocycles. The summed E-state index contributed by atoms with van der Waals surface area (Å²) in [6, 6.07) is 0. The van der Waals surface area contributed by atoms with Crippen molar-refractivity contribution in [1.29, 1.82) is 0 Å². The van der Waals surface area contributed by atoms with Gasteiger partial charge in [0.1, 0.15) is 12.7 Å². The third-order valence-electron chi connectivity index (χ3n) is 3.20. The van der Waals surface area contributed by atoms with Gasteiger partial charge in [-0.25, -0.2) is 9.59 Å². The topological polar surface area (TPSA) is 107 Å². The van der Waals surface area contributed by atoms with E-state index in [1.54, 1.807) is 20.8 Å². The van der Waals surface area contributed by atoms with E-state index in [0.717, 1.165) is 6.42 Å². The lowest BCUT2D eigenvalue weighted by Gasteiger charge is -2.22. The van der Waals surface area contributed by atoms with E-state index in [9.17, 15) is 9.59 Å². The Morgan fingerprint density at radius 1 is 1.00 bits per heavy atom. The maximum absolute atomic E-state index is 12.3. The zero-order valence-corrected chi connectivity index (χ0v) is 16.2. The molecule has 1 unspecified atom stereocenters. The zero-order chi connectivity index (χ0) is 19.5. The number of azo groups is 1. The molecule has 1 N–H and O–H groups in total. The molecule has 0 saturated heterocycles. The highest BCUT2D eigenvalue weighted by Gasteiger charge is 2.34. The summed E-state index contributed by atoms with van der Waals surface area (Å²) in [5, 5.41) is 16.6. The molecule has 0 aliphatic carbocycles. The summed E-state index contributed by atoms with van der Waals surface area (Å²) in [5.74, 6) is -1.16. The van der Waals surface area contributed by atoms with E-state index in [1.807, 2.05) is 6.92 Å². The second-order valence-corrected chi connectivity index (χ2v) is 6.79. The summed E-state index contributed by atoms with van der Waals surface area (Å²) in [6.07, 6.45) is 1.23. The molecule has 0 amide bonds. The fraction of sp³-hybridized carbons (Fsp3) is 0.882. The Morgan fingerprint density at radius 2 is 1.56 bits per heavy atom. The molecule has 0 aliphatic heterocycles. The molecule has 0 aromatic rings. The molecule has 0 fully saturated rings. The Hall–Kier alpha value is -1.54. The number of rotatable bonds is 12. The Bertz CT molecular complexity index is 448. The molecule has 0 rings (SSSR count).